The minimum atomic E-state index is 0.514. The third kappa shape index (κ3) is 3.53. The highest BCUT2D eigenvalue weighted by atomic mass is 32.1. The second-order valence-corrected chi connectivity index (χ2v) is 7.31. The molecule has 4 heteroatoms. The molecule has 0 atom stereocenters. The molecule has 0 amide bonds. The lowest BCUT2D eigenvalue weighted by Crippen LogP contribution is -2.01. The van der Waals surface area contributed by atoms with E-state index in [9.17, 15) is 0 Å². The zero-order valence-corrected chi connectivity index (χ0v) is 16.5. The SMILES string of the molecule is COc1ccc2nc(C)c(C)c(OCc3ccc(-c4ccsc4)cc3)c2c1. The van der Waals surface area contributed by atoms with E-state index in [1.165, 1.54) is 11.1 Å². The van der Waals surface area contributed by atoms with Crippen molar-refractivity contribution in [1.82, 2.24) is 4.98 Å². The molecule has 0 N–H and O–H groups in total. The van der Waals surface area contributed by atoms with Crippen LogP contribution in [0.25, 0.3) is 22.0 Å². The molecule has 136 valence electrons. The number of aromatic nitrogens is 1. The maximum absolute atomic E-state index is 6.25. The average Bonchev–Trinajstić information content (AvgIpc) is 3.23. The van der Waals surface area contributed by atoms with E-state index in [-0.39, 0.29) is 0 Å². The monoisotopic (exact) mass is 375 g/mol. The van der Waals surface area contributed by atoms with Gasteiger partial charge in [-0.25, -0.2) is 0 Å². The third-order valence-electron chi connectivity index (χ3n) is 4.81. The molecule has 0 bridgehead atoms. The predicted octanol–water partition coefficient (Wildman–Crippen LogP) is 6.17. The summed E-state index contributed by atoms with van der Waals surface area (Å²) in [4.78, 5) is 4.67. The van der Waals surface area contributed by atoms with Gasteiger partial charge in [0.1, 0.15) is 18.1 Å². The number of fused-ring (bicyclic) bond motifs is 1. The Morgan fingerprint density at radius 1 is 0.963 bits per heavy atom. The highest BCUT2D eigenvalue weighted by Gasteiger charge is 2.12. The van der Waals surface area contributed by atoms with Crippen LogP contribution in [0.4, 0.5) is 0 Å². The molecular weight excluding hydrogens is 354 g/mol. The number of ether oxygens (including phenoxy) is 2. The van der Waals surface area contributed by atoms with Crippen molar-refractivity contribution in [2.24, 2.45) is 0 Å². The van der Waals surface area contributed by atoms with Gasteiger partial charge in [0.05, 0.1) is 12.6 Å². The molecule has 0 aliphatic carbocycles. The van der Waals surface area contributed by atoms with Gasteiger partial charge in [0.15, 0.2) is 0 Å². The fourth-order valence-electron chi connectivity index (χ4n) is 3.12. The molecule has 2 aromatic heterocycles. The number of hydrogen-bond acceptors (Lipinski definition) is 4. The summed E-state index contributed by atoms with van der Waals surface area (Å²) in [6.07, 6.45) is 0. The van der Waals surface area contributed by atoms with Gasteiger partial charge in [0.2, 0.25) is 0 Å². The summed E-state index contributed by atoms with van der Waals surface area (Å²) >= 11 is 1.71. The van der Waals surface area contributed by atoms with Gasteiger partial charge in [-0.15, -0.1) is 0 Å². The zero-order chi connectivity index (χ0) is 18.8. The molecule has 0 aliphatic heterocycles. The molecule has 0 fully saturated rings. The summed E-state index contributed by atoms with van der Waals surface area (Å²) in [5.74, 6) is 1.68. The van der Waals surface area contributed by atoms with Gasteiger partial charge >= 0.3 is 0 Å². The maximum atomic E-state index is 6.25. The summed E-state index contributed by atoms with van der Waals surface area (Å²) in [5, 5.41) is 5.24. The van der Waals surface area contributed by atoms with Crippen molar-refractivity contribution in [1.29, 1.82) is 0 Å². The van der Waals surface area contributed by atoms with Crippen molar-refractivity contribution in [3.63, 3.8) is 0 Å². The number of pyridine rings is 1. The van der Waals surface area contributed by atoms with Crippen LogP contribution in [0.3, 0.4) is 0 Å². The molecule has 4 aromatic rings. The second kappa shape index (κ2) is 7.41. The number of thiophene rings is 1. The summed E-state index contributed by atoms with van der Waals surface area (Å²) in [6, 6.07) is 16.6. The smallest absolute Gasteiger partial charge is 0.134 e. The van der Waals surface area contributed by atoms with Crippen LogP contribution in [0.5, 0.6) is 11.5 Å². The molecule has 4 rings (SSSR count). The number of aryl methyl sites for hydroxylation is 1. The van der Waals surface area contributed by atoms with Crippen molar-refractivity contribution >= 4 is 22.2 Å². The van der Waals surface area contributed by atoms with Gasteiger partial charge in [0, 0.05) is 16.6 Å². The molecule has 0 aliphatic rings. The number of benzene rings is 2. The minimum absolute atomic E-state index is 0.514. The Morgan fingerprint density at radius 2 is 1.78 bits per heavy atom. The Hall–Kier alpha value is -2.85. The second-order valence-electron chi connectivity index (χ2n) is 6.53. The lowest BCUT2D eigenvalue weighted by Gasteiger charge is -2.15. The topological polar surface area (TPSA) is 31.4 Å². The molecule has 2 aromatic carbocycles. The Bertz CT molecular complexity index is 1070. The van der Waals surface area contributed by atoms with E-state index in [2.05, 4.69) is 53.0 Å². The van der Waals surface area contributed by atoms with Crippen molar-refractivity contribution in [3.05, 3.63) is 76.1 Å². The molecule has 0 saturated heterocycles. The first-order valence-corrected chi connectivity index (χ1v) is 9.79. The summed E-state index contributed by atoms with van der Waals surface area (Å²) in [6.45, 7) is 4.58. The van der Waals surface area contributed by atoms with E-state index < -0.39 is 0 Å². The zero-order valence-electron chi connectivity index (χ0n) is 15.7. The van der Waals surface area contributed by atoms with E-state index in [0.29, 0.717) is 6.61 Å². The fourth-order valence-corrected chi connectivity index (χ4v) is 3.78. The van der Waals surface area contributed by atoms with E-state index in [0.717, 1.165) is 39.2 Å². The third-order valence-corrected chi connectivity index (χ3v) is 5.49. The normalized spacial score (nSPS) is 10.9. The quantitative estimate of drug-likeness (QED) is 0.418. The standard InChI is InChI=1S/C23H21NO2S/c1-15-16(2)24-22-9-8-20(25-3)12-21(22)23(15)26-13-17-4-6-18(7-5-17)19-10-11-27-14-19/h4-12,14H,13H2,1-3H3. The lowest BCUT2D eigenvalue weighted by atomic mass is 10.1. The Balaban J connectivity index is 1.62. The van der Waals surface area contributed by atoms with Crippen LogP contribution in [0.1, 0.15) is 16.8 Å². The fraction of sp³-hybridized carbons (Fsp3) is 0.174. The summed E-state index contributed by atoms with van der Waals surface area (Å²) in [5.41, 5.74) is 6.58. The van der Waals surface area contributed by atoms with Gasteiger partial charge in [-0.2, -0.15) is 11.3 Å². The van der Waals surface area contributed by atoms with Crippen LogP contribution < -0.4 is 9.47 Å². The number of rotatable bonds is 5. The molecule has 0 spiro atoms. The summed E-state index contributed by atoms with van der Waals surface area (Å²) < 4.78 is 11.6. The highest BCUT2D eigenvalue weighted by molar-refractivity contribution is 7.08. The van der Waals surface area contributed by atoms with Crippen LogP contribution in [-0.2, 0) is 6.61 Å². The Morgan fingerprint density at radius 3 is 2.48 bits per heavy atom. The highest BCUT2D eigenvalue weighted by Crippen LogP contribution is 2.33. The molecule has 3 nitrogen and oxygen atoms in total. The molecular formula is C23H21NO2S. The molecule has 0 saturated carbocycles. The van der Waals surface area contributed by atoms with Crippen LogP contribution in [0.15, 0.2) is 59.3 Å². The van der Waals surface area contributed by atoms with E-state index in [1.54, 1.807) is 18.4 Å². The minimum Gasteiger partial charge on any atom is -0.497 e. The van der Waals surface area contributed by atoms with Crippen LogP contribution >= 0.6 is 11.3 Å². The van der Waals surface area contributed by atoms with Crippen LogP contribution in [0.2, 0.25) is 0 Å². The maximum Gasteiger partial charge on any atom is 0.134 e. The first-order chi connectivity index (χ1) is 13.2. The van der Waals surface area contributed by atoms with E-state index in [4.69, 9.17) is 9.47 Å². The first kappa shape index (κ1) is 17.6. The Labute approximate surface area is 163 Å². The number of hydrogen-bond donors (Lipinski definition) is 0. The van der Waals surface area contributed by atoms with Crippen molar-refractivity contribution in [3.8, 4) is 22.6 Å². The van der Waals surface area contributed by atoms with Crippen molar-refractivity contribution < 1.29 is 9.47 Å². The number of nitrogens with zero attached hydrogens (tertiary/aromatic N) is 1. The largest absolute Gasteiger partial charge is 0.497 e. The van der Waals surface area contributed by atoms with E-state index >= 15 is 0 Å². The van der Waals surface area contributed by atoms with Gasteiger partial charge < -0.3 is 9.47 Å². The first-order valence-electron chi connectivity index (χ1n) is 8.85. The van der Waals surface area contributed by atoms with Gasteiger partial charge in [0.25, 0.3) is 0 Å². The van der Waals surface area contributed by atoms with Gasteiger partial charge in [-0.3, -0.25) is 4.98 Å². The Kier molecular flexibility index (Phi) is 4.82. The average molecular weight is 375 g/mol. The molecule has 0 unspecified atom stereocenters. The molecule has 2 heterocycles. The van der Waals surface area contributed by atoms with Crippen LogP contribution in [0, 0.1) is 13.8 Å². The van der Waals surface area contributed by atoms with Crippen molar-refractivity contribution in [2.75, 3.05) is 7.11 Å². The summed E-state index contributed by atoms with van der Waals surface area (Å²) in [7, 11) is 1.67. The van der Waals surface area contributed by atoms with Crippen molar-refractivity contribution in [2.45, 2.75) is 20.5 Å². The molecule has 27 heavy (non-hydrogen) atoms. The van der Waals surface area contributed by atoms with E-state index in [1.807, 2.05) is 25.1 Å². The molecule has 0 radical (unpaired) electrons. The predicted molar refractivity (Wildman–Crippen MR) is 112 cm³/mol. The number of methoxy groups -OCH3 is 1. The van der Waals surface area contributed by atoms with Crippen LogP contribution in [-0.4, -0.2) is 12.1 Å². The van der Waals surface area contributed by atoms with Gasteiger partial charge in [-0.1, -0.05) is 24.3 Å². The van der Waals surface area contributed by atoms with Gasteiger partial charge in [-0.05, 0) is 65.6 Å². The lowest BCUT2D eigenvalue weighted by molar-refractivity contribution is 0.307.